The van der Waals surface area contributed by atoms with Crippen LogP contribution >= 0.6 is 0 Å². The first-order valence-electron chi connectivity index (χ1n) is 7.05. The summed E-state index contributed by atoms with van der Waals surface area (Å²) in [7, 11) is 0. The number of rotatable bonds is 8. The Morgan fingerprint density at radius 1 is 1.25 bits per heavy atom. The number of carboxylic acid groups (broad SMARTS) is 1. The maximum atomic E-state index is 11.0. The minimum atomic E-state index is -0.778. The van der Waals surface area contributed by atoms with Crippen LogP contribution in [-0.4, -0.2) is 36.8 Å². The van der Waals surface area contributed by atoms with Gasteiger partial charge in [0.05, 0.1) is 0 Å². The number of hydrogen-bond donors (Lipinski definition) is 4. The number of hydrogen-bond acceptors (Lipinski definition) is 4. The zero-order valence-electron chi connectivity index (χ0n) is 12.2. The molecule has 1 aromatic carbocycles. The van der Waals surface area contributed by atoms with Crippen LogP contribution < -0.4 is 16.8 Å². The molecule has 1 aromatic rings. The van der Waals surface area contributed by atoms with Gasteiger partial charge in [0.25, 0.3) is 0 Å². The maximum Gasteiger partial charge on any atom is 0.321 e. The van der Waals surface area contributed by atoms with Crippen LogP contribution in [0.25, 0.3) is 0 Å². The summed E-state index contributed by atoms with van der Waals surface area (Å²) in [6.45, 7) is 4.05. The monoisotopic (exact) mass is 281 g/mol. The highest BCUT2D eigenvalue weighted by Crippen LogP contribution is 2.03. The molecular formula is C15H27N3O2. The summed E-state index contributed by atoms with van der Waals surface area (Å²) < 4.78 is 0. The van der Waals surface area contributed by atoms with Crippen LogP contribution in [0.3, 0.4) is 0 Å². The van der Waals surface area contributed by atoms with Gasteiger partial charge in [-0.05, 0) is 24.9 Å². The van der Waals surface area contributed by atoms with Crippen molar-refractivity contribution in [3.05, 3.63) is 35.9 Å². The number of unbranched alkanes of at least 4 members (excludes halogenated alkanes) is 1. The highest BCUT2D eigenvalue weighted by Gasteiger charge is 2.16. The number of aliphatic carboxylic acids is 1. The largest absolute Gasteiger partial charge is 0.480 e. The van der Waals surface area contributed by atoms with E-state index in [0.29, 0.717) is 19.5 Å². The van der Waals surface area contributed by atoms with Gasteiger partial charge in [-0.1, -0.05) is 43.7 Å². The fourth-order valence-electron chi connectivity index (χ4n) is 1.55. The number of nitrogens with two attached hydrogens (primary N) is 2. The molecule has 0 radical (unpaired) electrons. The first kappa shape index (κ1) is 18.6. The van der Waals surface area contributed by atoms with Gasteiger partial charge in [0.2, 0.25) is 0 Å². The van der Waals surface area contributed by atoms with Crippen molar-refractivity contribution in [3.8, 4) is 0 Å². The average molecular weight is 281 g/mol. The molecule has 0 aromatic heterocycles. The summed E-state index contributed by atoms with van der Waals surface area (Å²) in [5.41, 5.74) is 10.9. The van der Waals surface area contributed by atoms with Crippen LogP contribution in [0.15, 0.2) is 30.3 Å². The van der Waals surface area contributed by atoms with E-state index in [4.69, 9.17) is 16.6 Å². The molecule has 1 rings (SSSR count). The lowest BCUT2D eigenvalue weighted by Crippen LogP contribution is -2.39. The maximum absolute atomic E-state index is 11.0. The van der Waals surface area contributed by atoms with Gasteiger partial charge in [-0.25, -0.2) is 0 Å². The molecule has 0 aliphatic heterocycles. The molecule has 0 saturated carbocycles. The SMILES string of the molecule is CCCCN[C@@H](Cc1ccccc1)C(=O)O.NCCN. The Bertz CT molecular complexity index is 342. The van der Waals surface area contributed by atoms with Crippen molar-refractivity contribution in [1.82, 2.24) is 5.32 Å². The van der Waals surface area contributed by atoms with Gasteiger partial charge in [0, 0.05) is 13.1 Å². The second-order valence-electron chi connectivity index (χ2n) is 4.47. The third-order valence-electron chi connectivity index (χ3n) is 2.67. The van der Waals surface area contributed by atoms with Gasteiger partial charge >= 0.3 is 5.97 Å². The molecular weight excluding hydrogens is 254 g/mol. The van der Waals surface area contributed by atoms with Crippen LogP contribution in [-0.2, 0) is 11.2 Å². The van der Waals surface area contributed by atoms with Crippen molar-refractivity contribution in [2.45, 2.75) is 32.2 Å². The minimum absolute atomic E-state index is 0.478. The summed E-state index contributed by atoms with van der Waals surface area (Å²) in [4.78, 5) is 11.0. The van der Waals surface area contributed by atoms with E-state index < -0.39 is 12.0 Å². The number of carboxylic acids is 1. The molecule has 0 aliphatic carbocycles. The molecule has 114 valence electrons. The van der Waals surface area contributed by atoms with Crippen molar-refractivity contribution < 1.29 is 9.90 Å². The van der Waals surface area contributed by atoms with E-state index in [1.165, 1.54) is 0 Å². The molecule has 6 N–H and O–H groups in total. The molecule has 0 heterocycles. The minimum Gasteiger partial charge on any atom is -0.480 e. The molecule has 0 unspecified atom stereocenters. The molecule has 0 spiro atoms. The van der Waals surface area contributed by atoms with Crippen LogP contribution in [0.2, 0.25) is 0 Å². The van der Waals surface area contributed by atoms with Gasteiger partial charge in [-0.2, -0.15) is 0 Å². The summed E-state index contributed by atoms with van der Waals surface area (Å²) in [6.07, 6.45) is 2.63. The lowest BCUT2D eigenvalue weighted by molar-refractivity contribution is -0.139. The number of nitrogens with one attached hydrogen (secondary N) is 1. The van der Waals surface area contributed by atoms with E-state index in [1.807, 2.05) is 30.3 Å². The Morgan fingerprint density at radius 2 is 1.85 bits per heavy atom. The van der Waals surface area contributed by atoms with Crippen molar-refractivity contribution in [3.63, 3.8) is 0 Å². The van der Waals surface area contributed by atoms with Gasteiger partial charge in [0.15, 0.2) is 0 Å². The zero-order valence-corrected chi connectivity index (χ0v) is 12.2. The van der Waals surface area contributed by atoms with Crippen molar-refractivity contribution in [2.75, 3.05) is 19.6 Å². The topological polar surface area (TPSA) is 101 Å². The molecule has 0 amide bonds. The third-order valence-corrected chi connectivity index (χ3v) is 2.67. The van der Waals surface area contributed by atoms with E-state index in [1.54, 1.807) is 0 Å². The van der Waals surface area contributed by atoms with Crippen LogP contribution in [0, 0.1) is 0 Å². The number of carbonyl (C=O) groups is 1. The predicted octanol–water partition coefficient (Wildman–Crippen LogP) is 0.976. The van der Waals surface area contributed by atoms with Crippen molar-refractivity contribution in [1.29, 1.82) is 0 Å². The van der Waals surface area contributed by atoms with Crippen molar-refractivity contribution >= 4 is 5.97 Å². The molecule has 0 fully saturated rings. The molecule has 0 bridgehead atoms. The summed E-state index contributed by atoms with van der Waals surface area (Å²) >= 11 is 0. The van der Waals surface area contributed by atoms with Crippen LogP contribution in [0.1, 0.15) is 25.3 Å². The lowest BCUT2D eigenvalue weighted by atomic mass is 10.1. The fourth-order valence-corrected chi connectivity index (χ4v) is 1.55. The quantitative estimate of drug-likeness (QED) is 0.532. The van der Waals surface area contributed by atoms with Crippen LogP contribution in [0.4, 0.5) is 0 Å². The first-order valence-corrected chi connectivity index (χ1v) is 7.05. The number of benzene rings is 1. The Hall–Kier alpha value is -1.43. The molecule has 1 atom stereocenters. The standard InChI is InChI=1S/C13H19NO2.C2H8N2/c1-2-3-9-14-12(13(15)16)10-11-7-5-4-6-8-11;3-1-2-4/h4-8,12,14H,2-3,9-10H2,1H3,(H,15,16);1-4H2/t12-;/m0./s1. The summed E-state index contributed by atoms with van der Waals surface area (Å²) in [5.74, 6) is -0.778. The van der Waals surface area contributed by atoms with E-state index in [0.717, 1.165) is 24.9 Å². The first-order chi connectivity index (χ1) is 9.65. The molecule has 5 nitrogen and oxygen atoms in total. The van der Waals surface area contributed by atoms with Gasteiger partial charge in [-0.3, -0.25) is 4.79 Å². The third kappa shape index (κ3) is 9.49. The summed E-state index contributed by atoms with van der Waals surface area (Å²) in [6, 6.07) is 9.23. The highest BCUT2D eigenvalue weighted by molar-refractivity contribution is 5.73. The van der Waals surface area contributed by atoms with Crippen LogP contribution in [0.5, 0.6) is 0 Å². The molecule has 0 saturated heterocycles. The zero-order chi connectivity index (χ0) is 15.2. The Labute approximate surface area is 121 Å². The van der Waals surface area contributed by atoms with E-state index in [-0.39, 0.29) is 0 Å². The second kappa shape index (κ2) is 12.6. The fraction of sp³-hybridized carbons (Fsp3) is 0.533. The van der Waals surface area contributed by atoms with E-state index >= 15 is 0 Å². The van der Waals surface area contributed by atoms with E-state index in [2.05, 4.69) is 12.2 Å². The highest BCUT2D eigenvalue weighted by atomic mass is 16.4. The molecule has 20 heavy (non-hydrogen) atoms. The predicted molar refractivity (Wildman–Crippen MR) is 82.6 cm³/mol. The Morgan fingerprint density at radius 3 is 2.30 bits per heavy atom. The second-order valence-corrected chi connectivity index (χ2v) is 4.47. The Kier molecular flexibility index (Phi) is 11.7. The molecule has 5 heteroatoms. The van der Waals surface area contributed by atoms with Gasteiger partial charge in [-0.15, -0.1) is 0 Å². The smallest absolute Gasteiger partial charge is 0.321 e. The molecule has 0 aliphatic rings. The van der Waals surface area contributed by atoms with E-state index in [9.17, 15) is 4.79 Å². The normalized spacial score (nSPS) is 11.3. The van der Waals surface area contributed by atoms with Crippen molar-refractivity contribution in [2.24, 2.45) is 11.5 Å². The Balaban J connectivity index is 0.000000796. The van der Waals surface area contributed by atoms with Gasteiger partial charge < -0.3 is 21.9 Å². The average Bonchev–Trinajstić information content (AvgIpc) is 2.47. The van der Waals surface area contributed by atoms with Gasteiger partial charge in [0.1, 0.15) is 6.04 Å². The lowest BCUT2D eigenvalue weighted by Gasteiger charge is -2.14. The summed E-state index contributed by atoms with van der Waals surface area (Å²) in [5, 5.41) is 12.1.